The summed E-state index contributed by atoms with van der Waals surface area (Å²) in [5, 5.41) is 7.94. The Morgan fingerprint density at radius 1 is 1.43 bits per heavy atom. The fourth-order valence-corrected chi connectivity index (χ4v) is 3.95. The second-order valence-electron chi connectivity index (χ2n) is 6.36. The van der Waals surface area contributed by atoms with Crippen LogP contribution in [0.15, 0.2) is 21.3 Å². The molecule has 6 heteroatoms. The molecule has 0 radical (unpaired) electrons. The second kappa shape index (κ2) is 7.25. The predicted molar refractivity (Wildman–Crippen MR) is 90.1 cm³/mol. The van der Waals surface area contributed by atoms with Crippen molar-refractivity contribution in [2.45, 2.75) is 51.5 Å². The van der Waals surface area contributed by atoms with Crippen molar-refractivity contribution in [1.29, 1.82) is 0 Å². The molecule has 0 aliphatic heterocycles. The van der Waals surface area contributed by atoms with Crippen molar-refractivity contribution >= 4 is 17.2 Å². The highest BCUT2D eigenvalue weighted by Gasteiger charge is 2.27. The maximum absolute atomic E-state index is 12.4. The van der Waals surface area contributed by atoms with Crippen molar-refractivity contribution in [2.24, 2.45) is 5.92 Å². The Morgan fingerprint density at radius 3 is 3.00 bits per heavy atom. The summed E-state index contributed by atoms with van der Waals surface area (Å²) in [7, 11) is 1.93. The van der Waals surface area contributed by atoms with Gasteiger partial charge in [0.15, 0.2) is 0 Å². The first-order valence-electron chi connectivity index (χ1n) is 8.26. The fraction of sp³-hybridized carbons (Fsp3) is 0.588. The van der Waals surface area contributed by atoms with Gasteiger partial charge < -0.3 is 9.42 Å². The van der Waals surface area contributed by atoms with Gasteiger partial charge in [-0.15, -0.1) is 0 Å². The number of amides is 1. The van der Waals surface area contributed by atoms with Crippen LogP contribution in [0.4, 0.5) is 0 Å². The van der Waals surface area contributed by atoms with E-state index >= 15 is 0 Å². The van der Waals surface area contributed by atoms with Gasteiger partial charge in [-0.25, -0.2) is 0 Å². The Balaban J connectivity index is 1.54. The SMILES string of the molecule is CC1CCCCC1N(C)C(=O)CCc1nc(-c2ccsc2)no1. The van der Waals surface area contributed by atoms with Crippen molar-refractivity contribution in [3.05, 3.63) is 22.7 Å². The van der Waals surface area contributed by atoms with Crippen molar-refractivity contribution in [2.75, 3.05) is 7.05 Å². The molecule has 124 valence electrons. The molecule has 0 N–H and O–H groups in total. The maximum Gasteiger partial charge on any atom is 0.227 e. The molecule has 1 saturated carbocycles. The summed E-state index contributed by atoms with van der Waals surface area (Å²) in [6, 6.07) is 2.34. The number of aryl methyl sites for hydroxylation is 1. The van der Waals surface area contributed by atoms with Crippen LogP contribution < -0.4 is 0 Å². The Bertz CT molecular complexity index is 638. The van der Waals surface area contributed by atoms with Crippen LogP contribution in [0, 0.1) is 5.92 Å². The minimum atomic E-state index is 0.166. The van der Waals surface area contributed by atoms with E-state index in [1.165, 1.54) is 19.3 Å². The van der Waals surface area contributed by atoms with Crippen molar-refractivity contribution < 1.29 is 9.32 Å². The third kappa shape index (κ3) is 3.80. The molecule has 5 nitrogen and oxygen atoms in total. The zero-order chi connectivity index (χ0) is 16.2. The normalized spacial score (nSPS) is 21.3. The van der Waals surface area contributed by atoms with Crippen LogP contribution in [0.3, 0.4) is 0 Å². The molecule has 2 aromatic rings. The first kappa shape index (κ1) is 16.2. The second-order valence-corrected chi connectivity index (χ2v) is 7.14. The molecule has 0 spiro atoms. The molecule has 1 fully saturated rings. The van der Waals surface area contributed by atoms with Gasteiger partial charge in [-0.05, 0) is 30.2 Å². The van der Waals surface area contributed by atoms with E-state index in [2.05, 4.69) is 17.1 Å². The van der Waals surface area contributed by atoms with E-state index in [1.54, 1.807) is 11.3 Å². The smallest absolute Gasteiger partial charge is 0.227 e. The molecule has 0 bridgehead atoms. The molecule has 1 aliphatic rings. The standard InChI is InChI=1S/C17H23N3O2S/c1-12-5-3-4-6-14(12)20(2)16(21)8-7-15-18-17(19-22-15)13-9-10-23-11-13/h9-12,14H,3-8H2,1-2H3. The molecule has 23 heavy (non-hydrogen) atoms. The molecule has 2 unspecified atom stereocenters. The molecule has 2 atom stereocenters. The van der Waals surface area contributed by atoms with E-state index in [1.807, 2.05) is 28.8 Å². The van der Waals surface area contributed by atoms with Gasteiger partial charge in [-0.3, -0.25) is 4.79 Å². The first-order chi connectivity index (χ1) is 11.1. The number of aromatic nitrogens is 2. The molecule has 1 aliphatic carbocycles. The summed E-state index contributed by atoms with van der Waals surface area (Å²) in [6.07, 6.45) is 5.77. The molecule has 0 aromatic carbocycles. The lowest BCUT2D eigenvalue weighted by atomic mass is 9.85. The predicted octanol–water partition coefficient (Wildman–Crippen LogP) is 3.77. The van der Waals surface area contributed by atoms with E-state index < -0.39 is 0 Å². The number of hydrogen-bond acceptors (Lipinski definition) is 5. The summed E-state index contributed by atoms with van der Waals surface area (Å²) >= 11 is 1.60. The number of rotatable bonds is 5. The third-order valence-electron chi connectivity index (χ3n) is 4.76. The molecule has 2 aromatic heterocycles. The van der Waals surface area contributed by atoms with Crippen molar-refractivity contribution in [1.82, 2.24) is 15.0 Å². The number of hydrogen-bond donors (Lipinski definition) is 0. The zero-order valence-electron chi connectivity index (χ0n) is 13.7. The number of carbonyl (C=O) groups is 1. The summed E-state index contributed by atoms with van der Waals surface area (Å²) in [4.78, 5) is 18.7. The van der Waals surface area contributed by atoms with Gasteiger partial charge in [-0.1, -0.05) is 24.9 Å². The topological polar surface area (TPSA) is 59.2 Å². The highest BCUT2D eigenvalue weighted by Crippen LogP contribution is 2.27. The lowest BCUT2D eigenvalue weighted by molar-refractivity contribution is -0.133. The Labute approximate surface area is 140 Å². The van der Waals surface area contributed by atoms with Gasteiger partial charge in [-0.2, -0.15) is 16.3 Å². The van der Waals surface area contributed by atoms with Gasteiger partial charge >= 0.3 is 0 Å². The number of nitrogens with zero attached hydrogens (tertiary/aromatic N) is 3. The van der Waals surface area contributed by atoms with E-state index in [4.69, 9.17) is 4.52 Å². The van der Waals surface area contributed by atoms with E-state index in [9.17, 15) is 4.79 Å². The Morgan fingerprint density at radius 2 is 2.26 bits per heavy atom. The number of carbonyl (C=O) groups excluding carboxylic acids is 1. The van der Waals surface area contributed by atoms with Gasteiger partial charge in [0, 0.05) is 36.9 Å². The average molecular weight is 333 g/mol. The summed E-state index contributed by atoms with van der Waals surface area (Å²) in [5.74, 6) is 1.89. The van der Waals surface area contributed by atoms with Gasteiger partial charge in [0.2, 0.25) is 17.6 Å². The fourth-order valence-electron chi connectivity index (χ4n) is 3.31. The first-order valence-corrected chi connectivity index (χ1v) is 9.20. The van der Waals surface area contributed by atoms with Crippen molar-refractivity contribution in [3.63, 3.8) is 0 Å². The number of thiophene rings is 1. The van der Waals surface area contributed by atoms with Gasteiger partial charge in [0.05, 0.1) is 0 Å². The minimum Gasteiger partial charge on any atom is -0.342 e. The van der Waals surface area contributed by atoms with E-state index in [-0.39, 0.29) is 5.91 Å². The molecule has 0 saturated heterocycles. The van der Waals surface area contributed by atoms with Crippen LogP contribution in [0.25, 0.3) is 11.4 Å². The summed E-state index contributed by atoms with van der Waals surface area (Å²) < 4.78 is 5.26. The van der Waals surface area contributed by atoms with Gasteiger partial charge in [0.25, 0.3) is 0 Å². The summed E-state index contributed by atoms with van der Waals surface area (Å²) in [5.41, 5.74) is 0.962. The van der Waals surface area contributed by atoms with Crippen LogP contribution in [-0.2, 0) is 11.2 Å². The highest BCUT2D eigenvalue weighted by molar-refractivity contribution is 7.08. The van der Waals surface area contributed by atoms with Crippen LogP contribution in [-0.4, -0.2) is 34.0 Å². The van der Waals surface area contributed by atoms with Gasteiger partial charge in [0.1, 0.15) is 0 Å². The largest absolute Gasteiger partial charge is 0.342 e. The monoisotopic (exact) mass is 333 g/mol. The van der Waals surface area contributed by atoms with Crippen LogP contribution >= 0.6 is 11.3 Å². The lowest BCUT2D eigenvalue weighted by Crippen LogP contribution is -2.42. The van der Waals surface area contributed by atoms with Crippen LogP contribution in [0.5, 0.6) is 0 Å². The van der Waals surface area contributed by atoms with Crippen LogP contribution in [0.1, 0.15) is 44.9 Å². The van der Waals surface area contributed by atoms with Crippen LogP contribution in [0.2, 0.25) is 0 Å². The Kier molecular flexibility index (Phi) is 5.10. The molecule has 2 heterocycles. The molecule has 1 amide bonds. The molecular formula is C17H23N3O2S. The molecule has 3 rings (SSSR count). The zero-order valence-corrected chi connectivity index (χ0v) is 14.5. The van der Waals surface area contributed by atoms with E-state index in [0.29, 0.717) is 36.5 Å². The molecular weight excluding hydrogens is 310 g/mol. The Hall–Kier alpha value is -1.69. The minimum absolute atomic E-state index is 0.166. The lowest BCUT2D eigenvalue weighted by Gasteiger charge is -2.36. The van der Waals surface area contributed by atoms with Crippen molar-refractivity contribution in [3.8, 4) is 11.4 Å². The maximum atomic E-state index is 12.4. The highest BCUT2D eigenvalue weighted by atomic mass is 32.1. The average Bonchev–Trinajstić information content (AvgIpc) is 3.23. The van der Waals surface area contributed by atoms with E-state index in [0.717, 1.165) is 12.0 Å². The third-order valence-corrected chi connectivity index (χ3v) is 5.44. The quantitative estimate of drug-likeness (QED) is 0.836. The summed E-state index contributed by atoms with van der Waals surface area (Å²) in [6.45, 7) is 2.25.